The summed E-state index contributed by atoms with van der Waals surface area (Å²) in [4.78, 5) is 22.0. The molecule has 5 nitrogen and oxygen atoms in total. The molecule has 1 aromatic heterocycles. The monoisotopic (exact) mass is 284 g/mol. The van der Waals surface area contributed by atoms with Crippen LogP contribution in [-0.4, -0.2) is 36.5 Å². The van der Waals surface area contributed by atoms with Gasteiger partial charge in [0.05, 0.1) is 0 Å². The van der Waals surface area contributed by atoms with Crippen molar-refractivity contribution in [3.63, 3.8) is 0 Å². The molecule has 1 aromatic rings. The second-order valence-electron chi connectivity index (χ2n) is 4.47. The fourth-order valence-corrected chi connectivity index (χ4v) is 1.91. The summed E-state index contributed by atoms with van der Waals surface area (Å²) < 4.78 is 0. The van der Waals surface area contributed by atoms with Crippen molar-refractivity contribution in [1.29, 1.82) is 0 Å². The molecule has 19 heavy (non-hydrogen) atoms. The molecule has 0 aromatic carbocycles. The van der Waals surface area contributed by atoms with E-state index in [1.165, 1.54) is 0 Å². The van der Waals surface area contributed by atoms with Gasteiger partial charge in [-0.3, -0.25) is 4.79 Å². The topological polar surface area (TPSA) is 58.1 Å². The highest BCUT2D eigenvalue weighted by molar-refractivity contribution is 6.30. The predicted octanol–water partition coefficient (Wildman–Crippen LogP) is 1.96. The van der Waals surface area contributed by atoms with Crippen LogP contribution >= 0.6 is 11.6 Å². The van der Waals surface area contributed by atoms with Crippen LogP contribution in [0.5, 0.6) is 0 Å². The van der Waals surface area contributed by atoms with Gasteiger partial charge in [0.15, 0.2) is 0 Å². The Labute approximate surface area is 119 Å². The first-order valence-electron chi connectivity index (χ1n) is 6.44. The Hall–Kier alpha value is -1.36. The van der Waals surface area contributed by atoms with E-state index in [0.29, 0.717) is 18.1 Å². The van der Waals surface area contributed by atoms with E-state index >= 15 is 0 Å². The average Bonchev–Trinajstić information content (AvgIpc) is 2.39. The van der Waals surface area contributed by atoms with Gasteiger partial charge < -0.3 is 10.2 Å². The molecule has 0 atom stereocenters. The van der Waals surface area contributed by atoms with E-state index in [0.717, 1.165) is 30.0 Å². The molecular weight excluding hydrogens is 264 g/mol. The lowest BCUT2D eigenvalue weighted by atomic mass is 10.2. The lowest BCUT2D eigenvalue weighted by Crippen LogP contribution is -2.27. The second kappa shape index (κ2) is 7.28. The van der Waals surface area contributed by atoms with Crippen LogP contribution in [0.1, 0.15) is 31.2 Å². The maximum atomic E-state index is 11.3. The lowest BCUT2D eigenvalue weighted by molar-refractivity contribution is -0.120. The van der Waals surface area contributed by atoms with Crippen LogP contribution in [0.15, 0.2) is 0 Å². The molecule has 1 heterocycles. The van der Waals surface area contributed by atoms with Crippen LogP contribution in [0, 0.1) is 6.92 Å². The van der Waals surface area contributed by atoms with E-state index in [-0.39, 0.29) is 5.91 Å². The Balaban J connectivity index is 2.88. The molecule has 1 N–H and O–H groups in total. The van der Waals surface area contributed by atoms with Crippen molar-refractivity contribution in [2.45, 2.75) is 33.1 Å². The molecule has 6 heteroatoms. The van der Waals surface area contributed by atoms with E-state index in [4.69, 9.17) is 11.6 Å². The van der Waals surface area contributed by atoms with Crippen LogP contribution < -0.4 is 10.2 Å². The molecule has 1 amide bonds. The van der Waals surface area contributed by atoms with Gasteiger partial charge in [-0.2, -0.15) is 0 Å². The number of carbonyl (C=O) groups is 1. The van der Waals surface area contributed by atoms with Crippen molar-refractivity contribution in [2.24, 2.45) is 0 Å². The fraction of sp³-hybridized carbons (Fsp3) is 0.615. The largest absolute Gasteiger partial charge is 0.359 e. The van der Waals surface area contributed by atoms with Crippen LogP contribution in [-0.2, 0) is 11.2 Å². The number of hydrogen-bond acceptors (Lipinski definition) is 4. The molecule has 0 fully saturated rings. The third kappa shape index (κ3) is 4.35. The van der Waals surface area contributed by atoms with Gasteiger partial charge in [0, 0.05) is 39.0 Å². The van der Waals surface area contributed by atoms with Gasteiger partial charge in [-0.15, -0.1) is 0 Å². The standard InChI is InChI=1S/C13H21ClN4O/c1-5-6-10-16-12(14)9(2)13(17-10)18(4)8-7-11(19)15-3/h5-8H2,1-4H3,(H,15,19). The number of halogens is 1. The van der Waals surface area contributed by atoms with Crippen LogP contribution in [0.3, 0.4) is 0 Å². The van der Waals surface area contributed by atoms with Crippen molar-refractivity contribution in [1.82, 2.24) is 15.3 Å². The van der Waals surface area contributed by atoms with Crippen molar-refractivity contribution >= 4 is 23.3 Å². The van der Waals surface area contributed by atoms with Crippen molar-refractivity contribution in [3.05, 3.63) is 16.5 Å². The number of anilines is 1. The molecule has 0 radical (unpaired) electrons. The summed E-state index contributed by atoms with van der Waals surface area (Å²) >= 11 is 6.13. The van der Waals surface area contributed by atoms with E-state index < -0.39 is 0 Å². The predicted molar refractivity (Wildman–Crippen MR) is 77.7 cm³/mol. The van der Waals surface area contributed by atoms with Gasteiger partial charge >= 0.3 is 0 Å². The van der Waals surface area contributed by atoms with Gasteiger partial charge in [-0.1, -0.05) is 18.5 Å². The zero-order chi connectivity index (χ0) is 14.4. The number of rotatable bonds is 6. The summed E-state index contributed by atoms with van der Waals surface area (Å²) in [6.45, 7) is 4.56. The first-order valence-corrected chi connectivity index (χ1v) is 6.82. The molecule has 0 aliphatic carbocycles. The number of aromatic nitrogens is 2. The third-order valence-corrected chi connectivity index (χ3v) is 3.26. The maximum absolute atomic E-state index is 11.3. The van der Waals surface area contributed by atoms with Crippen LogP contribution in [0.25, 0.3) is 0 Å². The molecular formula is C13H21ClN4O. The Morgan fingerprint density at radius 3 is 2.68 bits per heavy atom. The normalized spacial score (nSPS) is 10.4. The SMILES string of the molecule is CCCc1nc(Cl)c(C)c(N(C)CCC(=O)NC)n1. The molecule has 0 unspecified atom stereocenters. The summed E-state index contributed by atoms with van der Waals surface area (Å²) in [5.74, 6) is 1.56. The number of hydrogen-bond donors (Lipinski definition) is 1. The first kappa shape index (κ1) is 15.7. The van der Waals surface area contributed by atoms with Gasteiger partial charge in [0.25, 0.3) is 0 Å². The van der Waals surface area contributed by atoms with E-state index in [1.54, 1.807) is 7.05 Å². The number of carbonyl (C=O) groups excluding carboxylic acids is 1. The fourth-order valence-electron chi connectivity index (χ4n) is 1.73. The second-order valence-corrected chi connectivity index (χ2v) is 4.83. The highest BCUT2D eigenvalue weighted by Gasteiger charge is 2.13. The minimum absolute atomic E-state index is 0.0124. The van der Waals surface area contributed by atoms with Gasteiger partial charge in [0.2, 0.25) is 5.91 Å². The van der Waals surface area contributed by atoms with E-state index in [2.05, 4.69) is 22.2 Å². The molecule has 0 saturated carbocycles. The minimum Gasteiger partial charge on any atom is -0.359 e. The molecule has 0 aliphatic heterocycles. The average molecular weight is 285 g/mol. The molecule has 1 rings (SSSR count). The quantitative estimate of drug-likeness (QED) is 0.812. The van der Waals surface area contributed by atoms with Crippen LogP contribution in [0.4, 0.5) is 5.82 Å². The smallest absolute Gasteiger partial charge is 0.221 e. The maximum Gasteiger partial charge on any atom is 0.221 e. The van der Waals surface area contributed by atoms with Gasteiger partial charge in [-0.25, -0.2) is 9.97 Å². The van der Waals surface area contributed by atoms with Gasteiger partial charge in [-0.05, 0) is 13.3 Å². The summed E-state index contributed by atoms with van der Waals surface area (Å²) in [6, 6.07) is 0. The molecule has 0 spiro atoms. The Morgan fingerprint density at radius 1 is 1.42 bits per heavy atom. The Bertz CT molecular complexity index is 451. The first-order chi connectivity index (χ1) is 8.99. The van der Waals surface area contributed by atoms with E-state index in [9.17, 15) is 4.79 Å². The highest BCUT2D eigenvalue weighted by atomic mass is 35.5. The number of aryl methyl sites for hydroxylation is 1. The Morgan fingerprint density at radius 2 is 2.11 bits per heavy atom. The van der Waals surface area contributed by atoms with Crippen molar-refractivity contribution in [3.8, 4) is 0 Å². The van der Waals surface area contributed by atoms with E-state index in [1.807, 2.05) is 18.9 Å². The minimum atomic E-state index is 0.0124. The molecule has 0 aliphatic rings. The molecule has 0 saturated heterocycles. The van der Waals surface area contributed by atoms with Crippen molar-refractivity contribution in [2.75, 3.05) is 25.5 Å². The summed E-state index contributed by atoms with van der Waals surface area (Å²) in [6.07, 6.45) is 2.20. The summed E-state index contributed by atoms with van der Waals surface area (Å²) in [5.41, 5.74) is 0.848. The zero-order valence-electron chi connectivity index (χ0n) is 12.0. The third-order valence-electron chi connectivity index (χ3n) is 2.90. The molecule has 0 bridgehead atoms. The summed E-state index contributed by atoms with van der Waals surface area (Å²) in [7, 11) is 3.54. The number of nitrogens with one attached hydrogen (secondary N) is 1. The van der Waals surface area contributed by atoms with Gasteiger partial charge in [0.1, 0.15) is 16.8 Å². The van der Waals surface area contributed by atoms with Crippen molar-refractivity contribution < 1.29 is 4.79 Å². The zero-order valence-corrected chi connectivity index (χ0v) is 12.7. The number of nitrogens with zero attached hydrogens (tertiary/aromatic N) is 3. The summed E-state index contributed by atoms with van der Waals surface area (Å²) in [5, 5.41) is 3.09. The molecule has 106 valence electrons. The Kier molecular flexibility index (Phi) is 6.02. The van der Waals surface area contributed by atoms with Crippen LogP contribution in [0.2, 0.25) is 5.15 Å². The number of amides is 1. The lowest BCUT2D eigenvalue weighted by Gasteiger charge is -2.20. The highest BCUT2D eigenvalue weighted by Crippen LogP contribution is 2.23.